The molecule has 1 amide bonds. The second-order valence-corrected chi connectivity index (χ2v) is 7.38. The second kappa shape index (κ2) is 12.3. The van der Waals surface area contributed by atoms with Crippen molar-refractivity contribution in [2.45, 2.75) is 32.2 Å². The number of nitro groups is 1. The summed E-state index contributed by atoms with van der Waals surface area (Å²) in [5.74, 6) is -0.238. The van der Waals surface area contributed by atoms with Gasteiger partial charge in [-0.05, 0) is 46.9 Å². The highest BCUT2D eigenvalue weighted by atomic mass is 79.9. The van der Waals surface area contributed by atoms with Gasteiger partial charge >= 0.3 is 0 Å². The zero-order chi connectivity index (χ0) is 21.1. The number of ether oxygens (including phenoxy) is 1. The molecule has 0 heterocycles. The molecule has 8 heteroatoms. The van der Waals surface area contributed by atoms with E-state index < -0.39 is 11.0 Å². The van der Waals surface area contributed by atoms with Crippen LogP contribution in [0.5, 0.6) is 0 Å². The minimum atomic E-state index is -0.547. The molecule has 1 unspecified atom stereocenters. The molecule has 2 N–H and O–H groups in total. The van der Waals surface area contributed by atoms with E-state index in [1.165, 1.54) is 18.2 Å². The van der Waals surface area contributed by atoms with Crippen molar-refractivity contribution in [3.05, 3.63) is 68.7 Å². The quantitative estimate of drug-likeness (QED) is 0.267. The van der Waals surface area contributed by atoms with Crippen molar-refractivity contribution in [1.82, 2.24) is 5.32 Å². The Morgan fingerprint density at radius 2 is 1.90 bits per heavy atom. The van der Waals surface area contributed by atoms with Crippen LogP contribution in [0.1, 0.15) is 37.8 Å². The maximum atomic E-state index is 12.9. The largest absolute Gasteiger partial charge is 0.381 e. The van der Waals surface area contributed by atoms with E-state index >= 15 is 0 Å². The number of halogens is 1. The summed E-state index contributed by atoms with van der Waals surface area (Å²) in [5.41, 5.74) is 1.27. The lowest BCUT2D eigenvalue weighted by Crippen LogP contribution is -2.34. The number of unbranched alkanes of at least 4 members (excludes halogenated alkanes) is 1. The van der Waals surface area contributed by atoms with E-state index in [0.29, 0.717) is 23.3 Å². The summed E-state index contributed by atoms with van der Waals surface area (Å²) in [5, 5.41) is 17.0. The fourth-order valence-corrected chi connectivity index (χ4v) is 3.17. The summed E-state index contributed by atoms with van der Waals surface area (Å²) in [6.07, 6.45) is 2.95. The Balaban J connectivity index is 2.01. The van der Waals surface area contributed by atoms with E-state index in [1.54, 1.807) is 0 Å². The van der Waals surface area contributed by atoms with Crippen molar-refractivity contribution in [3.8, 4) is 0 Å². The monoisotopic (exact) mass is 463 g/mol. The summed E-state index contributed by atoms with van der Waals surface area (Å²) in [4.78, 5) is 23.3. The number of nitrogens with zero attached hydrogens (tertiary/aromatic N) is 1. The SMILES string of the molecule is CCCCOCCCNC(C(=O)Nc1ccc([N+](=O)[O-])cc1Br)c1ccccc1. The number of carbonyl (C=O) groups excluding carboxylic acids is 1. The first-order valence-electron chi connectivity index (χ1n) is 9.63. The van der Waals surface area contributed by atoms with Gasteiger partial charge in [-0.25, -0.2) is 0 Å². The predicted molar refractivity (Wildman–Crippen MR) is 117 cm³/mol. The smallest absolute Gasteiger partial charge is 0.270 e. The van der Waals surface area contributed by atoms with E-state index in [0.717, 1.165) is 31.4 Å². The fourth-order valence-electron chi connectivity index (χ4n) is 2.70. The number of hydrogen-bond acceptors (Lipinski definition) is 5. The molecule has 2 aromatic rings. The topological polar surface area (TPSA) is 93.5 Å². The Bertz CT molecular complexity index is 802. The summed E-state index contributed by atoms with van der Waals surface area (Å²) in [6.45, 7) is 4.15. The molecule has 2 aromatic carbocycles. The highest BCUT2D eigenvalue weighted by molar-refractivity contribution is 9.10. The number of benzene rings is 2. The Labute approximate surface area is 179 Å². The molecule has 7 nitrogen and oxygen atoms in total. The average Bonchev–Trinajstić information content (AvgIpc) is 2.72. The zero-order valence-electron chi connectivity index (χ0n) is 16.4. The zero-order valence-corrected chi connectivity index (χ0v) is 18.0. The number of non-ortho nitro benzene ring substituents is 1. The molecule has 29 heavy (non-hydrogen) atoms. The number of carbonyl (C=O) groups is 1. The lowest BCUT2D eigenvalue weighted by Gasteiger charge is -2.19. The normalized spacial score (nSPS) is 11.8. The van der Waals surface area contributed by atoms with Crippen LogP contribution in [0.15, 0.2) is 53.0 Å². The van der Waals surface area contributed by atoms with E-state index in [-0.39, 0.29) is 11.6 Å². The van der Waals surface area contributed by atoms with Crippen molar-refractivity contribution in [2.24, 2.45) is 0 Å². The van der Waals surface area contributed by atoms with Crippen LogP contribution < -0.4 is 10.6 Å². The van der Waals surface area contributed by atoms with E-state index in [4.69, 9.17) is 4.74 Å². The minimum absolute atomic E-state index is 0.0457. The number of nitrogens with one attached hydrogen (secondary N) is 2. The van der Waals surface area contributed by atoms with Gasteiger partial charge in [-0.3, -0.25) is 14.9 Å². The number of nitro benzene ring substituents is 1. The fraction of sp³-hybridized carbons (Fsp3) is 0.381. The van der Waals surface area contributed by atoms with Gasteiger partial charge < -0.3 is 15.4 Å². The lowest BCUT2D eigenvalue weighted by molar-refractivity contribution is -0.384. The van der Waals surface area contributed by atoms with Crippen molar-refractivity contribution in [2.75, 3.05) is 25.1 Å². The first kappa shape index (κ1) is 23.0. The van der Waals surface area contributed by atoms with Gasteiger partial charge in [-0.1, -0.05) is 43.7 Å². The second-order valence-electron chi connectivity index (χ2n) is 6.53. The molecule has 2 rings (SSSR count). The number of hydrogen-bond donors (Lipinski definition) is 2. The molecular weight excluding hydrogens is 438 g/mol. The summed E-state index contributed by atoms with van der Waals surface area (Å²) < 4.78 is 6.02. The Hall–Kier alpha value is -2.29. The third-order valence-electron chi connectivity index (χ3n) is 4.27. The van der Waals surface area contributed by atoms with Gasteiger partial charge in [0.25, 0.3) is 5.69 Å². The molecule has 0 aliphatic rings. The molecule has 0 saturated heterocycles. The Morgan fingerprint density at radius 3 is 2.55 bits per heavy atom. The molecule has 0 bridgehead atoms. The van der Waals surface area contributed by atoms with E-state index in [9.17, 15) is 14.9 Å². The molecule has 0 aliphatic carbocycles. The highest BCUT2D eigenvalue weighted by Gasteiger charge is 2.21. The van der Waals surface area contributed by atoms with Gasteiger partial charge in [-0.2, -0.15) is 0 Å². The maximum Gasteiger partial charge on any atom is 0.270 e. The van der Waals surface area contributed by atoms with Gasteiger partial charge in [0.15, 0.2) is 0 Å². The third kappa shape index (κ3) is 7.56. The van der Waals surface area contributed by atoms with Crippen LogP contribution in [0.3, 0.4) is 0 Å². The summed E-state index contributed by atoms with van der Waals surface area (Å²) in [6, 6.07) is 13.1. The van der Waals surface area contributed by atoms with Crippen molar-refractivity contribution in [1.29, 1.82) is 0 Å². The van der Waals surface area contributed by atoms with Crippen molar-refractivity contribution in [3.63, 3.8) is 0 Å². The van der Waals surface area contributed by atoms with Crippen LogP contribution in [-0.4, -0.2) is 30.6 Å². The molecule has 0 fully saturated rings. The van der Waals surface area contributed by atoms with Gasteiger partial charge in [0.05, 0.1) is 10.6 Å². The maximum absolute atomic E-state index is 12.9. The highest BCUT2D eigenvalue weighted by Crippen LogP contribution is 2.28. The van der Waals surface area contributed by atoms with E-state index in [1.807, 2.05) is 30.3 Å². The third-order valence-corrected chi connectivity index (χ3v) is 4.93. The van der Waals surface area contributed by atoms with Crippen LogP contribution in [0, 0.1) is 10.1 Å². The lowest BCUT2D eigenvalue weighted by atomic mass is 10.1. The van der Waals surface area contributed by atoms with Gasteiger partial charge in [0.2, 0.25) is 5.91 Å². The average molecular weight is 464 g/mol. The van der Waals surface area contributed by atoms with Crippen LogP contribution in [0.4, 0.5) is 11.4 Å². The van der Waals surface area contributed by atoms with Gasteiger partial charge in [-0.15, -0.1) is 0 Å². The number of amides is 1. The first-order valence-corrected chi connectivity index (χ1v) is 10.4. The molecule has 0 spiro atoms. The molecule has 1 atom stereocenters. The van der Waals surface area contributed by atoms with Gasteiger partial charge in [0, 0.05) is 29.8 Å². The molecular formula is C21H26BrN3O4. The molecule has 0 saturated carbocycles. The summed E-state index contributed by atoms with van der Waals surface area (Å²) >= 11 is 3.29. The van der Waals surface area contributed by atoms with Crippen LogP contribution in [0.25, 0.3) is 0 Å². The van der Waals surface area contributed by atoms with Gasteiger partial charge in [0.1, 0.15) is 6.04 Å². The molecule has 0 aliphatic heterocycles. The van der Waals surface area contributed by atoms with E-state index in [2.05, 4.69) is 33.5 Å². The van der Waals surface area contributed by atoms with Crippen molar-refractivity contribution < 1.29 is 14.5 Å². The molecule has 0 radical (unpaired) electrons. The standard InChI is InChI=1S/C21H26BrN3O4/c1-2-3-13-29-14-7-12-23-20(16-8-5-4-6-9-16)21(26)24-19-11-10-17(25(27)28)15-18(19)22/h4-6,8-11,15,20,23H,2-3,7,12-14H2,1H3,(H,24,26). The number of rotatable bonds is 12. The summed E-state index contributed by atoms with van der Waals surface area (Å²) in [7, 11) is 0. The molecule has 156 valence electrons. The van der Waals surface area contributed by atoms with Crippen LogP contribution >= 0.6 is 15.9 Å². The predicted octanol–water partition coefficient (Wildman–Crippen LogP) is 4.83. The minimum Gasteiger partial charge on any atom is -0.381 e. The van der Waals surface area contributed by atoms with Crippen LogP contribution in [0.2, 0.25) is 0 Å². The molecule has 0 aromatic heterocycles. The first-order chi connectivity index (χ1) is 14.0. The number of anilines is 1. The van der Waals surface area contributed by atoms with Crippen LogP contribution in [-0.2, 0) is 9.53 Å². The Morgan fingerprint density at radius 1 is 1.17 bits per heavy atom. The van der Waals surface area contributed by atoms with Crippen molar-refractivity contribution >= 4 is 33.2 Å². The Kier molecular flexibility index (Phi) is 9.76.